The minimum absolute atomic E-state index is 1.44. The average molecular weight is 166 g/mol. The topological polar surface area (TPSA) is 26.3 Å². The van der Waals surface area contributed by atoms with Gasteiger partial charge in [0.25, 0.3) is 0 Å². The van der Waals surface area contributed by atoms with Gasteiger partial charge in [-0.1, -0.05) is 0 Å². The summed E-state index contributed by atoms with van der Waals surface area (Å²) in [6.07, 6.45) is 0. The zero-order valence-corrected chi connectivity index (χ0v) is 5.17. The van der Waals surface area contributed by atoms with Crippen molar-refractivity contribution in [1.82, 2.24) is 0 Å². The first-order chi connectivity index (χ1) is 1.91. The molecule has 0 aromatic heterocycles. The standard InChI is InChI=1S/CH3O.O.Sn/c1-2;;/h1H3;;/q-1;;+1. The van der Waals surface area contributed by atoms with Gasteiger partial charge in [-0.3, -0.25) is 0 Å². The zero-order valence-electron chi connectivity index (χ0n) is 2.32. The van der Waals surface area contributed by atoms with Crippen molar-refractivity contribution in [2.45, 2.75) is 0 Å². The number of rotatable bonds is 1. The second kappa shape index (κ2) is 3.56. The molecule has 0 rings (SSSR count). The fraction of sp³-hybridized carbons (Fsp3) is 1.00. The van der Waals surface area contributed by atoms with E-state index in [4.69, 9.17) is 0 Å². The van der Waals surface area contributed by atoms with Gasteiger partial charge in [0.1, 0.15) is 0 Å². The molecule has 0 saturated heterocycles. The quantitative estimate of drug-likeness (QED) is 0.495. The molecule has 0 aromatic rings. The Labute approximate surface area is 35.3 Å². The summed E-state index contributed by atoms with van der Waals surface area (Å²) in [4.78, 5) is 0. The molecule has 1 radical (unpaired) electrons. The Kier molecular flexibility index (Phi) is 4.06. The van der Waals surface area contributed by atoms with Gasteiger partial charge in [0.15, 0.2) is 0 Å². The van der Waals surface area contributed by atoms with Gasteiger partial charge >= 0.3 is 34.8 Å². The van der Waals surface area contributed by atoms with Crippen LogP contribution in [0.5, 0.6) is 0 Å². The molecule has 3 heteroatoms. The van der Waals surface area contributed by atoms with Gasteiger partial charge in [-0.05, 0) is 0 Å². The molecule has 0 atom stereocenters. The van der Waals surface area contributed by atoms with Crippen molar-refractivity contribution in [2.24, 2.45) is 0 Å². The Balaban J connectivity index is 2.30. The van der Waals surface area contributed by atoms with E-state index in [9.17, 15) is 3.08 Å². The molecule has 4 heavy (non-hydrogen) atoms. The normalized spacial score (nSPS) is 6.25. The Morgan fingerprint density at radius 2 is 2.25 bits per heavy atom. The monoisotopic (exact) mass is 167 g/mol. The minimum atomic E-state index is -1.53. The number of hydrogen-bond donors (Lipinski definition) is 0. The third kappa shape index (κ3) is 2.56. The molecular formula is CH3O2Sn. The summed E-state index contributed by atoms with van der Waals surface area (Å²) in [7, 11) is 1.44. The maximum atomic E-state index is 9.25. The number of hydrogen-bond acceptors (Lipinski definition) is 2. The first-order valence-electron chi connectivity index (χ1n) is 0.816. The predicted octanol–water partition coefficient (Wildman–Crippen LogP) is -0.403. The molecule has 0 saturated carbocycles. The van der Waals surface area contributed by atoms with E-state index in [-0.39, 0.29) is 0 Å². The van der Waals surface area contributed by atoms with E-state index in [1.54, 1.807) is 0 Å². The molecule has 0 N–H and O–H groups in total. The van der Waals surface area contributed by atoms with Crippen LogP contribution in [0.25, 0.3) is 0 Å². The van der Waals surface area contributed by atoms with Crippen molar-refractivity contribution < 1.29 is 6.15 Å². The van der Waals surface area contributed by atoms with Crippen LogP contribution in [0.1, 0.15) is 0 Å². The van der Waals surface area contributed by atoms with Crippen molar-refractivity contribution in [2.75, 3.05) is 7.11 Å². The molecule has 0 spiro atoms. The van der Waals surface area contributed by atoms with Crippen molar-refractivity contribution in [1.29, 1.82) is 0 Å². The van der Waals surface area contributed by atoms with Crippen LogP contribution in [0.4, 0.5) is 0 Å². The molecule has 0 fully saturated rings. The van der Waals surface area contributed by atoms with Crippen molar-refractivity contribution in [3.05, 3.63) is 0 Å². The maximum absolute atomic E-state index is 9.25. The van der Waals surface area contributed by atoms with E-state index >= 15 is 0 Å². The fourth-order valence-corrected chi connectivity index (χ4v) is 0. The van der Waals surface area contributed by atoms with Crippen LogP contribution < -0.4 is 0 Å². The van der Waals surface area contributed by atoms with E-state index in [0.717, 1.165) is 0 Å². The first kappa shape index (κ1) is 4.56. The summed E-state index contributed by atoms with van der Waals surface area (Å²) in [6.45, 7) is 0. The second-order valence-corrected chi connectivity index (χ2v) is 1.93. The predicted molar refractivity (Wildman–Crippen MR) is 13.4 cm³/mol. The summed E-state index contributed by atoms with van der Waals surface area (Å²) < 4.78 is 13.4. The molecule has 0 bridgehead atoms. The van der Waals surface area contributed by atoms with E-state index < -0.39 is 21.5 Å². The van der Waals surface area contributed by atoms with E-state index in [1.165, 1.54) is 7.11 Å². The van der Waals surface area contributed by atoms with E-state index in [0.29, 0.717) is 0 Å². The molecule has 0 aliphatic carbocycles. The Morgan fingerprint density at radius 1 is 2.00 bits per heavy atom. The molecule has 0 unspecified atom stereocenters. The summed E-state index contributed by atoms with van der Waals surface area (Å²) in [5, 5.41) is 0. The van der Waals surface area contributed by atoms with Crippen LogP contribution in [-0.2, 0) is 6.15 Å². The van der Waals surface area contributed by atoms with Crippen molar-refractivity contribution in [3.8, 4) is 0 Å². The third-order valence-electron chi connectivity index (χ3n) is 0.0833. The van der Waals surface area contributed by atoms with Gasteiger partial charge in [-0.25, -0.2) is 0 Å². The molecule has 0 aromatic carbocycles. The Morgan fingerprint density at radius 3 is 2.25 bits per heavy atom. The van der Waals surface area contributed by atoms with Gasteiger partial charge in [0, 0.05) is 0 Å². The second-order valence-electron chi connectivity index (χ2n) is 0.287. The first-order valence-corrected chi connectivity index (χ1v) is 3.15. The van der Waals surface area contributed by atoms with Crippen LogP contribution in [0.2, 0.25) is 0 Å². The molecule has 0 aliphatic rings. The summed E-state index contributed by atoms with van der Waals surface area (Å²) in [5.74, 6) is 0. The fourth-order valence-electron chi connectivity index (χ4n) is 0. The Bertz CT molecular complexity index is 20.0. The van der Waals surface area contributed by atoms with Crippen LogP contribution >= 0.6 is 0 Å². The summed E-state index contributed by atoms with van der Waals surface area (Å²) in [5.41, 5.74) is 0. The van der Waals surface area contributed by atoms with Gasteiger partial charge in [0.05, 0.1) is 0 Å². The van der Waals surface area contributed by atoms with Crippen molar-refractivity contribution >= 4 is 21.5 Å². The molecule has 2 nitrogen and oxygen atoms in total. The molecule has 0 heterocycles. The SMILES string of the molecule is C[O][Sn]=[O]. The van der Waals surface area contributed by atoms with Gasteiger partial charge < -0.3 is 0 Å². The van der Waals surface area contributed by atoms with Gasteiger partial charge in [-0.15, -0.1) is 0 Å². The molecule has 23 valence electrons. The summed E-state index contributed by atoms with van der Waals surface area (Å²) >= 11 is -1.53. The molecule has 0 amide bonds. The zero-order chi connectivity index (χ0) is 3.41. The van der Waals surface area contributed by atoms with Crippen LogP contribution in [0.3, 0.4) is 0 Å². The van der Waals surface area contributed by atoms with E-state index in [1.807, 2.05) is 0 Å². The van der Waals surface area contributed by atoms with Gasteiger partial charge in [-0.2, -0.15) is 0 Å². The van der Waals surface area contributed by atoms with Crippen molar-refractivity contribution in [3.63, 3.8) is 0 Å². The molecule has 0 aliphatic heterocycles. The molecular weight excluding hydrogens is 163 g/mol. The van der Waals surface area contributed by atoms with Crippen LogP contribution in [0.15, 0.2) is 0 Å². The Hall–Kier alpha value is 0.559. The third-order valence-corrected chi connectivity index (χ3v) is 0.559. The van der Waals surface area contributed by atoms with Crippen LogP contribution in [0, 0.1) is 0 Å². The van der Waals surface area contributed by atoms with Gasteiger partial charge in [0.2, 0.25) is 0 Å². The van der Waals surface area contributed by atoms with E-state index in [2.05, 4.69) is 3.07 Å². The van der Waals surface area contributed by atoms with Crippen LogP contribution in [-0.4, -0.2) is 28.7 Å². The summed E-state index contributed by atoms with van der Waals surface area (Å²) in [6, 6.07) is 0. The average Bonchev–Trinajstić information content (AvgIpc) is 1.37.